The monoisotopic (exact) mass is 286 g/mol. The molecule has 2 heterocycles. The van der Waals surface area contributed by atoms with E-state index in [9.17, 15) is 10.1 Å². The van der Waals surface area contributed by atoms with Gasteiger partial charge >= 0.3 is 0 Å². The van der Waals surface area contributed by atoms with Crippen LogP contribution in [0.3, 0.4) is 0 Å². The van der Waals surface area contributed by atoms with Crippen molar-refractivity contribution in [3.8, 4) is 0 Å². The van der Waals surface area contributed by atoms with Gasteiger partial charge in [0.1, 0.15) is 11.5 Å². The Labute approximate surface area is 123 Å². The molecule has 0 bridgehead atoms. The highest BCUT2D eigenvalue weighted by atomic mass is 16.6. The molecule has 0 radical (unpaired) electrons. The summed E-state index contributed by atoms with van der Waals surface area (Å²) >= 11 is 0. The molecule has 1 unspecified atom stereocenters. The predicted molar refractivity (Wildman–Crippen MR) is 80.4 cm³/mol. The van der Waals surface area contributed by atoms with Gasteiger partial charge in [-0.15, -0.1) is 0 Å². The topological polar surface area (TPSA) is 64.2 Å². The van der Waals surface area contributed by atoms with Crippen LogP contribution in [-0.4, -0.2) is 27.1 Å². The van der Waals surface area contributed by atoms with Gasteiger partial charge in [0, 0.05) is 37.6 Å². The average Bonchev–Trinajstić information content (AvgIpc) is 3.09. The normalized spacial score (nSPS) is 18.1. The van der Waals surface area contributed by atoms with Crippen LogP contribution in [0.25, 0.3) is 0 Å². The van der Waals surface area contributed by atoms with Crippen LogP contribution in [0.5, 0.6) is 0 Å². The van der Waals surface area contributed by atoms with Crippen LogP contribution in [0.4, 0.5) is 11.4 Å². The quantitative estimate of drug-likeness (QED) is 0.640. The maximum atomic E-state index is 11.2. The van der Waals surface area contributed by atoms with E-state index < -0.39 is 0 Å². The second-order valence-corrected chi connectivity index (χ2v) is 5.36. The van der Waals surface area contributed by atoms with E-state index in [1.165, 1.54) is 0 Å². The highest BCUT2D eigenvalue weighted by molar-refractivity contribution is 5.64. The van der Waals surface area contributed by atoms with Gasteiger partial charge in [0.2, 0.25) is 0 Å². The molecule has 1 fully saturated rings. The fraction of sp³-hybridized carbons (Fsp3) is 0.400. The Kier molecular flexibility index (Phi) is 3.60. The zero-order chi connectivity index (χ0) is 14.8. The van der Waals surface area contributed by atoms with Gasteiger partial charge in [-0.1, -0.05) is 12.1 Å². The van der Waals surface area contributed by atoms with Crippen molar-refractivity contribution in [1.82, 2.24) is 9.55 Å². The van der Waals surface area contributed by atoms with Gasteiger partial charge in [0.05, 0.1) is 4.92 Å². The lowest BCUT2D eigenvalue weighted by atomic mass is 10.2. The van der Waals surface area contributed by atoms with Gasteiger partial charge in [0.25, 0.3) is 5.69 Å². The second kappa shape index (κ2) is 5.55. The van der Waals surface area contributed by atoms with E-state index in [2.05, 4.69) is 14.5 Å². The molecule has 1 aromatic carbocycles. The number of aryl methyl sites for hydroxylation is 1. The first-order chi connectivity index (χ1) is 10.2. The molecule has 1 aliphatic rings. The van der Waals surface area contributed by atoms with Crippen molar-refractivity contribution in [2.24, 2.45) is 0 Å². The van der Waals surface area contributed by atoms with Crippen LogP contribution < -0.4 is 4.90 Å². The molecular weight excluding hydrogens is 268 g/mol. The number of hydrogen-bond donors (Lipinski definition) is 0. The minimum absolute atomic E-state index is 0.187. The molecule has 110 valence electrons. The molecule has 3 rings (SSSR count). The maximum Gasteiger partial charge on any atom is 0.292 e. The second-order valence-electron chi connectivity index (χ2n) is 5.36. The van der Waals surface area contributed by atoms with Crippen LogP contribution >= 0.6 is 0 Å². The van der Waals surface area contributed by atoms with Gasteiger partial charge in [-0.05, 0) is 25.8 Å². The molecule has 6 heteroatoms. The third-order valence-electron chi connectivity index (χ3n) is 4.10. The number of nitrogens with zero attached hydrogens (tertiary/aromatic N) is 4. The van der Waals surface area contributed by atoms with Crippen LogP contribution in [0.2, 0.25) is 0 Å². The fourth-order valence-corrected chi connectivity index (χ4v) is 3.03. The van der Waals surface area contributed by atoms with Crippen LogP contribution in [0.1, 0.15) is 18.7 Å². The number of nitro benzene ring substituents is 1. The Bertz CT molecular complexity index is 653. The number of hydrogen-bond acceptors (Lipinski definition) is 4. The molecule has 1 atom stereocenters. The van der Waals surface area contributed by atoms with Crippen molar-refractivity contribution >= 4 is 11.4 Å². The first-order valence-corrected chi connectivity index (χ1v) is 7.14. The predicted octanol–water partition coefficient (Wildman–Crippen LogP) is 2.77. The Morgan fingerprint density at radius 3 is 2.95 bits per heavy atom. The number of para-hydroxylation sites is 2. The third-order valence-corrected chi connectivity index (χ3v) is 4.10. The Morgan fingerprint density at radius 2 is 2.24 bits per heavy atom. The number of imidazole rings is 1. The van der Waals surface area contributed by atoms with Gasteiger partial charge in [0.15, 0.2) is 0 Å². The van der Waals surface area contributed by atoms with Crippen molar-refractivity contribution < 1.29 is 4.92 Å². The van der Waals surface area contributed by atoms with Crippen molar-refractivity contribution in [2.75, 3.05) is 11.4 Å². The summed E-state index contributed by atoms with van der Waals surface area (Å²) < 4.78 is 2.11. The lowest BCUT2D eigenvalue weighted by Crippen LogP contribution is -2.33. The standard InChI is InChI=1S/C15H18N4O2/c1-12-16-8-10-17(12)11-13-5-4-9-18(13)14-6-2-3-7-15(14)19(20)21/h2-3,6-8,10,13H,4-5,9,11H2,1H3. The van der Waals surface area contributed by atoms with E-state index in [-0.39, 0.29) is 16.7 Å². The molecule has 0 amide bonds. The lowest BCUT2D eigenvalue weighted by Gasteiger charge is -2.27. The number of nitro groups is 1. The number of aromatic nitrogens is 2. The van der Waals surface area contributed by atoms with E-state index in [1.807, 2.05) is 25.3 Å². The molecule has 0 saturated carbocycles. The van der Waals surface area contributed by atoms with Gasteiger partial charge in [-0.25, -0.2) is 4.98 Å². The first-order valence-electron chi connectivity index (χ1n) is 7.14. The summed E-state index contributed by atoms with van der Waals surface area (Å²) in [6.07, 6.45) is 5.86. The molecule has 0 spiro atoms. The zero-order valence-corrected chi connectivity index (χ0v) is 12.0. The van der Waals surface area contributed by atoms with Gasteiger partial charge in [-0.2, -0.15) is 0 Å². The van der Waals surface area contributed by atoms with E-state index in [1.54, 1.807) is 18.3 Å². The molecule has 0 aliphatic carbocycles. The molecule has 1 saturated heterocycles. The number of benzene rings is 1. The van der Waals surface area contributed by atoms with E-state index >= 15 is 0 Å². The van der Waals surface area contributed by atoms with E-state index in [0.29, 0.717) is 0 Å². The summed E-state index contributed by atoms with van der Waals surface area (Å²) in [5, 5.41) is 11.2. The summed E-state index contributed by atoms with van der Waals surface area (Å²) in [5.74, 6) is 0.976. The summed E-state index contributed by atoms with van der Waals surface area (Å²) in [5.41, 5.74) is 0.912. The maximum absolute atomic E-state index is 11.2. The molecular formula is C15H18N4O2. The molecule has 0 N–H and O–H groups in total. The van der Waals surface area contributed by atoms with Crippen molar-refractivity contribution in [3.63, 3.8) is 0 Å². The van der Waals surface area contributed by atoms with Gasteiger partial charge < -0.3 is 9.47 Å². The molecule has 21 heavy (non-hydrogen) atoms. The van der Waals surface area contributed by atoms with E-state index in [4.69, 9.17) is 0 Å². The Balaban J connectivity index is 1.88. The number of anilines is 1. The summed E-state index contributed by atoms with van der Waals surface area (Å²) in [4.78, 5) is 17.3. The molecule has 6 nitrogen and oxygen atoms in total. The van der Waals surface area contributed by atoms with Gasteiger partial charge in [-0.3, -0.25) is 10.1 Å². The summed E-state index contributed by atoms with van der Waals surface area (Å²) in [6, 6.07) is 7.27. The Morgan fingerprint density at radius 1 is 1.43 bits per heavy atom. The van der Waals surface area contributed by atoms with Crippen molar-refractivity contribution in [2.45, 2.75) is 32.4 Å². The van der Waals surface area contributed by atoms with Crippen molar-refractivity contribution in [3.05, 3.63) is 52.6 Å². The highest BCUT2D eigenvalue weighted by Gasteiger charge is 2.29. The molecule has 1 aromatic heterocycles. The molecule has 1 aliphatic heterocycles. The summed E-state index contributed by atoms with van der Waals surface area (Å²) in [7, 11) is 0. The minimum Gasteiger partial charge on any atom is -0.361 e. The van der Waals surface area contributed by atoms with Crippen LogP contribution in [0, 0.1) is 17.0 Å². The molecule has 2 aromatic rings. The lowest BCUT2D eigenvalue weighted by molar-refractivity contribution is -0.384. The van der Waals surface area contributed by atoms with Crippen LogP contribution in [0.15, 0.2) is 36.7 Å². The first kappa shape index (κ1) is 13.6. The average molecular weight is 286 g/mol. The zero-order valence-electron chi connectivity index (χ0n) is 12.0. The largest absolute Gasteiger partial charge is 0.361 e. The number of rotatable bonds is 4. The SMILES string of the molecule is Cc1nccn1CC1CCCN1c1ccccc1[N+](=O)[O-]. The van der Waals surface area contributed by atoms with E-state index in [0.717, 1.165) is 37.4 Å². The van der Waals surface area contributed by atoms with Crippen LogP contribution in [-0.2, 0) is 6.54 Å². The minimum atomic E-state index is -0.298. The third kappa shape index (κ3) is 2.61. The van der Waals surface area contributed by atoms with Crippen molar-refractivity contribution in [1.29, 1.82) is 0 Å². The Hall–Kier alpha value is -2.37. The smallest absolute Gasteiger partial charge is 0.292 e. The fourth-order valence-electron chi connectivity index (χ4n) is 3.03. The summed E-state index contributed by atoms with van der Waals surface area (Å²) in [6.45, 7) is 3.66. The highest BCUT2D eigenvalue weighted by Crippen LogP contribution is 2.33.